The minimum absolute atomic E-state index is 0.923. The lowest BCUT2D eigenvalue weighted by Crippen LogP contribution is -2.35. The van der Waals surface area contributed by atoms with Gasteiger partial charge in [0.15, 0.2) is 0 Å². The molecule has 4 nitrogen and oxygen atoms in total. The molecule has 0 radical (unpaired) electrons. The second-order valence-corrected chi connectivity index (χ2v) is 17.5. The van der Waals surface area contributed by atoms with Crippen LogP contribution in [-0.4, -0.2) is 25.6 Å². The molecule has 0 spiro atoms. The number of nitrogens with zero attached hydrogens (tertiary/aromatic N) is 4. The number of rotatable bonds is 6. The van der Waals surface area contributed by atoms with E-state index in [9.17, 15) is 0 Å². The molecule has 0 amide bonds. The Labute approximate surface area is 264 Å². The van der Waals surface area contributed by atoms with Crippen molar-refractivity contribution in [2.24, 2.45) is 0 Å². The van der Waals surface area contributed by atoms with Crippen LogP contribution in [0.1, 0.15) is 36.1 Å². The minimum Gasteiger partial charge on any atom is -0.172 e. The second-order valence-electron chi connectivity index (χ2n) is 10.1. The molecule has 202 valence electrons. The fourth-order valence-electron chi connectivity index (χ4n) is 6.46. The molecule has 0 bridgehead atoms. The van der Waals surface area contributed by atoms with Crippen molar-refractivity contribution in [2.75, 3.05) is 0 Å². The Balaban J connectivity index is 1.70. The van der Waals surface area contributed by atoms with Crippen molar-refractivity contribution in [3.63, 3.8) is 0 Å². The van der Waals surface area contributed by atoms with E-state index in [0.717, 1.165) is 43.1 Å². The van der Waals surface area contributed by atoms with Crippen molar-refractivity contribution in [1.29, 1.82) is 0 Å². The van der Waals surface area contributed by atoms with Gasteiger partial charge >= 0.3 is 0 Å². The Hall–Kier alpha value is -2.82. The molecule has 4 aromatic carbocycles. The van der Waals surface area contributed by atoms with Crippen molar-refractivity contribution in [3.05, 3.63) is 116 Å². The number of allylic oxidation sites excluding steroid dienone is 2. The molecule has 0 saturated heterocycles. The topological polar surface area (TPSA) is 51.6 Å². The Kier molecular flexibility index (Phi) is 7.11. The second kappa shape index (κ2) is 10.8. The highest BCUT2D eigenvalue weighted by Gasteiger charge is 2.49. The zero-order valence-electron chi connectivity index (χ0n) is 22.4. The summed E-state index contributed by atoms with van der Waals surface area (Å²) < 4.78 is 21.1. The summed E-state index contributed by atoms with van der Waals surface area (Å²) in [6, 6.07) is 32.7. The van der Waals surface area contributed by atoms with E-state index in [1.807, 2.05) is 0 Å². The Morgan fingerprint density at radius 3 is 1.32 bits per heavy atom. The smallest absolute Gasteiger partial charge is 0.121 e. The van der Waals surface area contributed by atoms with Crippen LogP contribution in [0.4, 0.5) is 0 Å². The normalized spacial score (nSPS) is 15.0. The third-order valence-electron chi connectivity index (χ3n) is 8.31. The van der Waals surface area contributed by atoms with Crippen LogP contribution in [0.15, 0.2) is 93.9 Å². The van der Waals surface area contributed by atoms with Gasteiger partial charge in [-0.2, -0.15) is 17.5 Å². The average Bonchev–Trinajstić information content (AvgIpc) is 3.77. The quantitative estimate of drug-likeness (QED) is 0.161. The first-order chi connectivity index (χ1) is 20.1. The molecular weight excluding hydrogens is 692 g/mol. The standard InChI is InChI=1S/C32H24Br2N4S2Si/c1-3-41(4-2)31(21-15-17-23(33)29-27(21)35-39-37-29)25(19-11-7-5-8-12-19)26(20-13-9-6-10-14-20)32(41)22-16-18-24(34)30-28(22)36-40-38-30/h5-18H,3-4H2,1-2H3. The lowest BCUT2D eigenvalue weighted by Gasteiger charge is -2.33. The summed E-state index contributed by atoms with van der Waals surface area (Å²) in [6.07, 6.45) is 0. The number of fused-ring (bicyclic) bond motifs is 2. The maximum atomic E-state index is 4.88. The first-order valence-electron chi connectivity index (χ1n) is 13.5. The van der Waals surface area contributed by atoms with E-state index in [1.165, 1.54) is 67.2 Å². The third-order valence-corrected chi connectivity index (χ3v) is 16.0. The summed E-state index contributed by atoms with van der Waals surface area (Å²) in [7, 11) is -2.43. The van der Waals surface area contributed by atoms with Gasteiger partial charge in [-0.15, -0.1) is 0 Å². The minimum atomic E-state index is -2.43. The van der Waals surface area contributed by atoms with Gasteiger partial charge in [-0.3, -0.25) is 0 Å². The predicted molar refractivity (Wildman–Crippen MR) is 183 cm³/mol. The third kappa shape index (κ3) is 4.16. The summed E-state index contributed by atoms with van der Waals surface area (Å²) in [6.45, 7) is 4.74. The Bertz CT molecular complexity index is 1850. The number of benzene rings is 4. The maximum Gasteiger partial charge on any atom is 0.121 e. The van der Waals surface area contributed by atoms with Gasteiger partial charge < -0.3 is 0 Å². The molecule has 0 saturated carbocycles. The lowest BCUT2D eigenvalue weighted by atomic mass is 9.89. The van der Waals surface area contributed by atoms with Gasteiger partial charge in [0.05, 0.1) is 23.5 Å². The van der Waals surface area contributed by atoms with Gasteiger partial charge in [0, 0.05) is 20.1 Å². The molecule has 41 heavy (non-hydrogen) atoms. The zero-order chi connectivity index (χ0) is 28.1. The summed E-state index contributed by atoms with van der Waals surface area (Å²) in [5.41, 5.74) is 11.2. The predicted octanol–water partition coefficient (Wildman–Crippen LogP) is 10.3. The highest BCUT2D eigenvalue weighted by molar-refractivity contribution is 9.11. The Morgan fingerprint density at radius 2 is 0.927 bits per heavy atom. The van der Waals surface area contributed by atoms with E-state index in [2.05, 4.69) is 139 Å². The molecule has 0 atom stereocenters. The van der Waals surface area contributed by atoms with Crippen molar-refractivity contribution in [1.82, 2.24) is 17.5 Å². The highest BCUT2D eigenvalue weighted by Crippen LogP contribution is 2.59. The molecule has 1 aliphatic rings. The van der Waals surface area contributed by atoms with Gasteiger partial charge in [0.25, 0.3) is 0 Å². The van der Waals surface area contributed by atoms with Crippen LogP contribution in [0.2, 0.25) is 12.1 Å². The summed E-state index contributed by atoms with van der Waals surface area (Å²) in [4.78, 5) is 0. The van der Waals surface area contributed by atoms with E-state index in [-0.39, 0.29) is 0 Å². The number of hydrogen-bond donors (Lipinski definition) is 0. The molecule has 7 rings (SSSR count). The molecule has 0 unspecified atom stereocenters. The van der Waals surface area contributed by atoms with Crippen LogP contribution in [0, 0.1) is 0 Å². The van der Waals surface area contributed by atoms with Crippen LogP contribution in [0.5, 0.6) is 0 Å². The number of hydrogen-bond acceptors (Lipinski definition) is 6. The van der Waals surface area contributed by atoms with Crippen molar-refractivity contribution in [3.8, 4) is 0 Å². The molecular formula is C32H24Br2N4S2Si. The van der Waals surface area contributed by atoms with E-state index >= 15 is 0 Å². The van der Waals surface area contributed by atoms with Crippen LogP contribution in [-0.2, 0) is 0 Å². The molecule has 2 aromatic heterocycles. The number of halogens is 2. The maximum absolute atomic E-state index is 4.88. The average molecular weight is 717 g/mol. The van der Waals surface area contributed by atoms with E-state index in [1.54, 1.807) is 0 Å². The van der Waals surface area contributed by atoms with E-state index in [0.29, 0.717) is 0 Å². The molecule has 0 aliphatic carbocycles. The van der Waals surface area contributed by atoms with Crippen LogP contribution in [0.25, 0.3) is 43.6 Å². The van der Waals surface area contributed by atoms with Gasteiger partial charge in [-0.05, 0) is 76.7 Å². The van der Waals surface area contributed by atoms with Gasteiger partial charge in [0.2, 0.25) is 0 Å². The summed E-state index contributed by atoms with van der Waals surface area (Å²) >= 11 is 10.0. The first kappa shape index (κ1) is 27.0. The van der Waals surface area contributed by atoms with E-state index in [4.69, 9.17) is 8.75 Å². The van der Waals surface area contributed by atoms with Crippen LogP contribution >= 0.6 is 55.3 Å². The van der Waals surface area contributed by atoms with Crippen molar-refractivity contribution < 1.29 is 0 Å². The molecule has 0 fully saturated rings. The largest absolute Gasteiger partial charge is 0.172 e. The molecule has 6 aromatic rings. The fraction of sp³-hybridized carbons (Fsp3) is 0.125. The molecule has 3 heterocycles. The van der Waals surface area contributed by atoms with E-state index < -0.39 is 8.07 Å². The van der Waals surface area contributed by atoms with Gasteiger partial charge in [0.1, 0.15) is 30.1 Å². The van der Waals surface area contributed by atoms with Crippen LogP contribution < -0.4 is 0 Å². The zero-order valence-corrected chi connectivity index (χ0v) is 28.2. The first-order valence-corrected chi connectivity index (χ1v) is 19.0. The number of aromatic nitrogens is 4. The van der Waals surface area contributed by atoms with Crippen molar-refractivity contribution in [2.45, 2.75) is 25.9 Å². The van der Waals surface area contributed by atoms with Crippen LogP contribution in [0.3, 0.4) is 0 Å². The Morgan fingerprint density at radius 1 is 0.537 bits per heavy atom. The highest BCUT2D eigenvalue weighted by atomic mass is 79.9. The fourth-order valence-corrected chi connectivity index (χ4v) is 13.8. The lowest BCUT2D eigenvalue weighted by molar-refractivity contribution is 1.30. The van der Waals surface area contributed by atoms with Crippen molar-refractivity contribution >= 4 is 107 Å². The molecule has 9 heteroatoms. The molecule has 0 N–H and O–H groups in total. The summed E-state index contributed by atoms with van der Waals surface area (Å²) in [5, 5.41) is 2.87. The molecule has 1 aliphatic heterocycles. The summed E-state index contributed by atoms with van der Waals surface area (Å²) in [5.74, 6) is 0. The van der Waals surface area contributed by atoms with Gasteiger partial charge in [-0.25, -0.2) is 0 Å². The SMILES string of the molecule is CC[Si]1(CC)C(c2ccc(Br)c3nsnc23)=C(c2ccccc2)C(c2ccccc2)=C1c1ccc(Br)c2nsnc12. The van der Waals surface area contributed by atoms with Gasteiger partial charge in [-0.1, -0.05) is 98.7 Å². The monoisotopic (exact) mass is 714 g/mol.